The lowest BCUT2D eigenvalue weighted by Crippen LogP contribution is -2.29. The number of imidazole rings is 1. The van der Waals surface area contributed by atoms with Crippen molar-refractivity contribution in [1.82, 2.24) is 9.38 Å². The van der Waals surface area contributed by atoms with Gasteiger partial charge in [0, 0.05) is 24.7 Å². The highest BCUT2D eigenvalue weighted by atomic mass is 35.5. The average Bonchev–Trinajstić information content (AvgIpc) is 2.86. The molecule has 0 N–H and O–H groups in total. The van der Waals surface area contributed by atoms with Crippen LogP contribution in [-0.2, 0) is 5.88 Å². The number of alkyl halides is 1. The van der Waals surface area contributed by atoms with Crippen LogP contribution >= 0.6 is 22.9 Å². The molecule has 0 aromatic carbocycles. The minimum Gasteiger partial charge on any atom is -0.355 e. The zero-order chi connectivity index (χ0) is 11.7. The van der Waals surface area contributed by atoms with E-state index in [0.717, 1.165) is 22.9 Å². The molecule has 88 valence electrons. The highest BCUT2D eigenvalue weighted by Gasteiger charge is 2.18. The summed E-state index contributed by atoms with van der Waals surface area (Å²) in [6.07, 6.45) is 3.13. The summed E-state index contributed by atoms with van der Waals surface area (Å²) in [6.45, 7) is 4.38. The Morgan fingerprint density at radius 2 is 2.38 bits per heavy atom. The molecule has 1 atom stereocenters. The molecule has 0 spiro atoms. The Bertz CT molecular complexity index is 476. The zero-order valence-electron chi connectivity index (χ0n) is 9.77. The van der Waals surface area contributed by atoms with Crippen LogP contribution in [0.15, 0.2) is 11.6 Å². The highest BCUT2D eigenvalue weighted by Crippen LogP contribution is 2.26. The quantitative estimate of drug-likeness (QED) is 0.783. The number of rotatable bonds is 4. The van der Waals surface area contributed by atoms with E-state index >= 15 is 0 Å². The van der Waals surface area contributed by atoms with Crippen molar-refractivity contribution in [1.29, 1.82) is 0 Å². The van der Waals surface area contributed by atoms with Gasteiger partial charge in [-0.25, -0.2) is 4.98 Å². The standard InChI is InChI=1S/C11H16ClN3S/c1-4-8(2)14(3)10-9(7-12)15-5-6-16-11(15)13-10/h5-6,8H,4,7H2,1-3H3. The molecule has 0 radical (unpaired) electrons. The zero-order valence-corrected chi connectivity index (χ0v) is 11.3. The van der Waals surface area contributed by atoms with Crippen molar-refractivity contribution in [3.05, 3.63) is 17.3 Å². The van der Waals surface area contributed by atoms with E-state index in [9.17, 15) is 0 Å². The van der Waals surface area contributed by atoms with Crippen molar-refractivity contribution in [2.24, 2.45) is 0 Å². The summed E-state index contributed by atoms with van der Waals surface area (Å²) in [7, 11) is 2.08. The van der Waals surface area contributed by atoms with Gasteiger partial charge in [0.25, 0.3) is 0 Å². The predicted octanol–water partition coefficient (Wildman–Crippen LogP) is 3.37. The fourth-order valence-electron chi connectivity index (χ4n) is 1.71. The maximum atomic E-state index is 6.02. The van der Waals surface area contributed by atoms with Crippen LogP contribution in [0.1, 0.15) is 26.0 Å². The Labute approximate surface area is 105 Å². The molecule has 2 rings (SSSR count). The van der Waals surface area contributed by atoms with E-state index in [1.807, 2.05) is 11.6 Å². The SMILES string of the molecule is CCC(C)N(C)c1nc2sccn2c1CCl. The van der Waals surface area contributed by atoms with Gasteiger partial charge in [-0.15, -0.1) is 22.9 Å². The summed E-state index contributed by atoms with van der Waals surface area (Å²) >= 11 is 7.66. The Balaban J connectivity index is 2.46. The normalized spacial score (nSPS) is 13.2. The maximum absolute atomic E-state index is 6.02. The van der Waals surface area contributed by atoms with Gasteiger partial charge in [0.15, 0.2) is 10.8 Å². The van der Waals surface area contributed by atoms with Gasteiger partial charge in [-0.05, 0) is 13.3 Å². The van der Waals surface area contributed by atoms with Crippen LogP contribution < -0.4 is 4.90 Å². The van der Waals surface area contributed by atoms with Gasteiger partial charge in [0.2, 0.25) is 0 Å². The molecule has 3 nitrogen and oxygen atoms in total. The molecule has 0 aliphatic rings. The molecular formula is C11H16ClN3S. The molecule has 16 heavy (non-hydrogen) atoms. The lowest BCUT2D eigenvalue weighted by Gasteiger charge is -2.24. The lowest BCUT2D eigenvalue weighted by atomic mass is 10.2. The fourth-order valence-corrected chi connectivity index (χ4v) is 2.69. The molecule has 0 bridgehead atoms. The number of anilines is 1. The number of fused-ring (bicyclic) bond motifs is 1. The molecule has 2 aromatic heterocycles. The Morgan fingerprint density at radius 3 is 3.00 bits per heavy atom. The van der Waals surface area contributed by atoms with Crippen LogP contribution in [0.25, 0.3) is 4.96 Å². The Kier molecular flexibility index (Phi) is 3.40. The first kappa shape index (κ1) is 11.7. The van der Waals surface area contributed by atoms with Crippen LogP contribution in [0.3, 0.4) is 0 Å². The number of halogens is 1. The molecule has 0 aliphatic carbocycles. The van der Waals surface area contributed by atoms with Gasteiger partial charge in [-0.2, -0.15) is 0 Å². The number of hydrogen-bond acceptors (Lipinski definition) is 3. The third kappa shape index (κ3) is 1.80. The molecule has 0 saturated carbocycles. The monoisotopic (exact) mass is 257 g/mol. The van der Waals surface area contributed by atoms with E-state index in [-0.39, 0.29) is 0 Å². The van der Waals surface area contributed by atoms with Crippen molar-refractivity contribution in [2.45, 2.75) is 32.2 Å². The second kappa shape index (κ2) is 4.63. The van der Waals surface area contributed by atoms with E-state index in [2.05, 4.69) is 35.2 Å². The first-order valence-corrected chi connectivity index (χ1v) is 6.83. The largest absolute Gasteiger partial charge is 0.355 e. The second-order valence-electron chi connectivity index (χ2n) is 3.94. The van der Waals surface area contributed by atoms with E-state index in [4.69, 9.17) is 11.6 Å². The minimum absolute atomic E-state index is 0.478. The number of hydrogen-bond donors (Lipinski definition) is 0. The van der Waals surface area contributed by atoms with Gasteiger partial charge < -0.3 is 4.90 Å². The van der Waals surface area contributed by atoms with Crippen LogP contribution in [0.4, 0.5) is 5.82 Å². The summed E-state index contributed by atoms with van der Waals surface area (Å²) in [6, 6.07) is 0.478. The number of nitrogens with zero attached hydrogens (tertiary/aromatic N) is 3. The second-order valence-corrected chi connectivity index (χ2v) is 5.08. The van der Waals surface area contributed by atoms with Crippen molar-refractivity contribution < 1.29 is 0 Å². The smallest absolute Gasteiger partial charge is 0.195 e. The van der Waals surface area contributed by atoms with Gasteiger partial charge in [-0.3, -0.25) is 4.40 Å². The Hall–Kier alpha value is -0.740. The van der Waals surface area contributed by atoms with E-state index in [1.54, 1.807) is 11.3 Å². The topological polar surface area (TPSA) is 20.5 Å². The van der Waals surface area contributed by atoms with Crippen LogP contribution in [0, 0.1) is 0 Å². The van der Waals surface area contributed by atoms with Crippen molar-refractivity contribution >= 4 is 33.7 Å². The Morgan fingerprint density at radius 1 is 1.62 bits per heavy atom. The number of aromatic nitrogens is 2. The molecule has 1 unspecified atom stereocenters. The van der Waals surface area contributed by atoms with Gasteiger partial charge >= 0.3 is 0 Å². The fraction of sp³-hybridized carbons (Fsp3) is 0.545. The molecule has 2 heterocycles. The van der Waals surface area contributed by atoms with E-state index in [1.165, 1.54) is 0 Å². The molecule has 0 aliphatic heterocycles. The highest BCUT2D eigenvalue weighted by molar-refractivity contribution is 7.15. The van der Waals surface area contributed by atoms with Crippen molar-refractivity contribution in [3.63, 3.8) is 0 Å². The van der Waals surface area contributed by atoms with Gasteiger partial charge in [-0.1, -0.05) is 6.92 Å². The van der Waals surface area contributed by atoms with Gasteiger partial charge in [0.1, 0.15) is 0 Å². The third-order valence-corrected chi connectivity index (χ3v) is 4.06. The summed E-state index contributed by atoms with van der Waals surface area (Å²) in [5.41, 5.74) is 1.08. The van der Waals surface area contributed by atoms with Crippen molar-refractivity contribution in [2.75, 3.05) is 11.9 Å². The van der Waals surface area contributed by atoms with Crippen LogP contribution in [0.5, 0.6) is 0 Å². The summed E-state index contributed by atoms with van der Waals surface area (Å²) in [5, 5.41) is 2.03. The summed E-state index contributed by atoms with van der Waals surface area (Å²) in [4.78, 5) is 7.86. The van der Waals surface area contributed by atoms with E-state index < -0.39 is 0 Å². The average molecular weight is 258 g/mol. The lowest BCUT2D eigenvalue weighted by molar-refractivity contribution is 0.656. The molecular weight excluding hydrogens is 242 g/mol. The molecule has 0 amide bonds. The summed E-state index contributed by atoms with van der Waals surface area (Å²) < 4.78 is 2.08. The molecule has 5 heteroatoms. The van der Waals surface area contributed by atoms with Crippen molar-refractivity contribution in [3.8, 4) is 0 Å². The molecule has 0 fully saturated rings. The van der Waals surface area contributed by atoms with Gasteiger partial charge in [0.05, 0.1) is 11.6 Å². The van der Waals surface area contributed by atoms with E-state index in [0.29, 0.717) is 11.9 Å². The van der Waals surface area contributed by atoms with Crippen LogP contribution in [-0.4, -0.2) is 22.5 Å². The first-order chi connectivity index (χ1) is 7.69. The van der Waals surface area contributed by atoms with Crippen LogP contribution in [0.2, 0.25) is 0 Å². The minimum atomic E-state index is 0.478. The predicted molar refractivity (Wildman–Crippen MR) is 70.8 cm³/mol. The number of thiazole rings is 1. The molecule has 2 aromatic rings. The maximum Gasteiger partial charge on any atom is 0.195 e. The first-order valence-electron chi connectivity index (χ1n) is 5.42. The summed E-state index contributed by atoms with van der Waals surface area (Å²) in [5.74, 6) is 1.50. The third-order valence-electron chi connectivity index (χ3n) is 3.05. The molecule has 0 saturated heterocycles.